The van der Waals surface area contributed by atoms with Gasteiger partial charge >= 0.3 is 5.97 Å². The average Bonchev–Trinajstić information content (AvgIpc) is 2.90. The molecule has 2 aliphatic rings. The molecule has 0 saturated heterocycles. The Morgan fingerprint density at radius 3 is 2.68 bits per heavy atom. The fourth-order valence-corrected chi connectivity index (χ4v) is 3.79. The van der Waals surface area contributed by atoms with Crippen molar-refractivity contribution in [3.05, 3.63) is 57.4 Å². The zero-order chi connectivity index (χ0) is 18.1. The quantitative estimate of drug-likeness (QED) is 0.839. The van der Waals surface area contributed by atoms with Gasteiger partial charge in [0.25, 0.3) is 0 Å². The number of esters is 1. The third-order valence-electron chi connectivity index (χ3n) is 4.07. The van der Waals surface area contributed by atoms with Gasteiger partial charge < -0.3 is 10.5 Å². The normalized spacial score (nSPS) is 19.5. The maximum atomic E-state index is 12.6. The molecule has 25 heavy (non-hydrogen) atoms. The number of aliphatic imine (C=N–C) groups is 1. The van der Waals surface area contributed by atoms with Gasteiger partial charge in [-0.1, -0.05) is 29.8 Å². The van der Waals surface area contributed by atoms with E-state index in [9.17, 15) is 10.1 Å². The molecule has 2 N–H and O–H groups in total. The van der Waals surface area contributed by atoms with Crippen molar-refractivity contribution < 1.29 is 9.53 Å². The summed E-state index contributed by atoms with van der Waals surface area (Å²) in [6.45, 7) is 5.81. The summed E-state index contributed by atoms with van der Waals surface area (Å²) in [5.74, 6) is -0.109. The molecule has 128 valence electrons. The zero-order valence-electron chi connectivity index (χ0n) is 14.2. The smallest absolute Gasteiger partial charge is 0.338 e. The number of nitrogens with zero attached hydrogens (tertiary/aromatic N) is 3. The third kappa shape index (κ3) is 2.89. The van der Waals surface area contributed by atoms with Gasteiger partial charge in [0.05, 0.1) is 23.9 Å². The molecule has 2 aliphatic heterocycles. The molecule has 0 radical (unpaired) electrons. The van der Waals surface area contributed by atoms with E-state index in [1.807, 2.05) is 31.2 Å². The minimum Gasteiger partial charge on any atom is -0.463 e. The van der Waals surface area contributed by atoms with Gasteiger partial charge in [0.2, 0.25) is 0 Å². The van der Waals surface area contributed by atoms with Gasteiger partial charge in [-0.15, -0.1) is 0 Å². The number of rotatable bonds is 3. The van der Waals surface area contributed by atoms with Crippen molar-refractivity contribution in [3.63, 3.8) is 0 Å². The molecule has 0 unspecified atom stereocenters. The van der Waals surface area contributed by atoms with Crippen LogP contribution in [0.25, 0.3) is 0 Å². The van der Waals surface area contributed by atoms with E-state index in [0.29, 0.717) is 27.2 Å². The summed E-state index contributed by atoms with van der Waals surface area (Å²) in [5.41, 5.74) is 9.22. The Morgan fingerprint density at radius 1 is 1.40 bits per heavy atom. The number of allylic oxidation sites excluding steroid dienone is 2. The van der Waals surface area contributed by atoms with E-state index in [1.165, 1.54) is 11.8 Å². The van der Waals surface area contributed by atoms with Crippen LogP contribution in [-0.2, 0) is 9.53 Å². The van der Waals surface area contributed by atoms with E-state index in [4.69, 9.17) is 10.5 Å². The summed E-state index contributed by atoms with van der Waals surface area (Å²) in [7, 11) is 0. The maximum absolute atomic E-state index is 12.6. The van der Waals surface area contributed by atoms with E-state index in [1.54, 1.807) is 18.7 Å². The molecule has 1 aromatic rings. The highest BCUT2D eigenvalue weighted by Gasteiger charge is 2.42. The molecule has 2 heterocycles. The van der Waals surface area contributed by atoms with Crippen LogP contribution in [0, 0.1) is 18.3 Å². The summed E-state index contributed by atoms with van der Waals surface area (Å²) in [6, 6.07) is 9.50. The Balaban J connectivity index is 2.18. The van der Waals surface area contributed by atoms with Crippen molar-refractivity contribution >= 4 is 22.9 Å². The van der Waals surface area contributed by atoms with Crippen molar-refractivity contribution in [2.24, 2.45) is 10.7 Å². The van der Waals surface area contributed by atoms with Crippen LogP contribution < -0.4 is 5.73 Å². The van der Waals surface area contributed by atoms with Gasteiger partial charge in [0, 0.05) is 0 Å². The highest BCUT2D eigenvalue weighted by molar-refractivity contribution is 8.17. The summed E-state index contributed by atoms with van der Waals surface area (Å²) in [5, 5.41) is 9.91. The second kappa shape index (κ2) is 6.65. The first-order valence-corrected chi connectivity index (χ1v) is 8.69. The van der Waals surface area contributed by atoms with E-state index >= 15 is 0 Å². The Kier molecular flexibility index (Phi) is 4.55. The summed E-state index contributed by atoms with van der Waals surface area (Å²) in [6.07, 6.45) is 0. The number of carbonyl (C=O) groups is 1. The Morgan fingerprint density at radius 2 is 2.08 bits per heavy atom. The molecule has 0 aliphatic carbocycles. The fraction of sp³-hybridized carbons (Fsp3) is 0.278. The lowest BCUT2D eigenvalue weighted by atomic mass is 9.94. The standard InChI is InChI=1S/C18H18N4O2S/c1-4-24-17(23)14-11(3)21-18-22(16(20)13(9-19)25-18)15(14)12-7-5-10(2)6-8-12/h5-8,15H,4,20H2,1-3H3/t15-/m0/s1. The highest BCUT2D eigenvalue weighted by atomic mass is 32.2. The molecular formula is C18H18N4O2S. The Bertz CT molecular complexity index is 862. The molecule has 1 atom stereocenters. The number of fused-ring (bicyclic) bond motifs is 1. The highest BCUT2D eigenvalue weighted by Crippen LogP contribution is 2.45. The molecule has 0 fully saturated rings. The molecule has 3 rings (SSSR count). The lowest BCUT2D eigenvalue weighted by molar-refractivity contribution is -0.139. The number of aryl methyl sites for hydroxylation is 1. The van der Waals surface area contributed by atoms with Gasteiger partial charge in [0.1, 0.15) is 16.8 Å². The van der Waals surface area contributed by atoms with E-state index in [-0.39, 0.29) is 6.61 Å². The summed E-state index contributed by atoms with van der Waals surface area (Å²) >= 11 is 1.22. The van der Waals surface area contributed by atoms with Crippen LogP contribution in [0.4, 0.5) is 0 Å². The summed E-state index contributed by atoms with van der Waals surface area (Å²) in [4.78, 5) is 19.2. The van der Waals surface area contributed by atoms with E-state index in [0.717, 1.165) is 11.1 Å². The van der Waals surface area contributed by atoms with Crippen LogP contribution in [0.2, 0.25) is 0 Å². The van der Waals surface area contributed by atoms with E-state index < -0.39 is 12.0 Å². The topological polar surface area (TPSA) is 91.7 Å². The molecule has 1 aromatic carbocycles. The number of carbonyl (C=O) groups excluding carboxylic acids is 1. The largest absolute Gasteiger partial charge is 0.463 e. The zero-order valence-corrected chi connectivity index (χ0v) is 15.1. The van der Waals surface area contributed by atoms with Gasteiger partial charge in [-0.2, -0.15) is 5.26 Å². The SMILES string of the molecule is CCOC(=O)C1=C(C)N=C2SC(C#N)=C(N)N2[C@H]1c1ccc(C)cc1. The molecule has 0 saturated carbocycles. The van der Waals surface area contributed by atoms with Gasteiger partial charge in [-0.25, -0.2) is 9.79 Å². The van der Waals surface area contributed by atoms with Crippen LogP contribution in [0.1, 0.15) is 31.0 Å². The van der Waals surface area contributed by atoms with Gasteiger partial charge in [-0.3, -0.25) is 4.90 Å². The van der Waals surface area contributed by atoms with Crippen LogP contribution in [0.15, 0.2) is 51.3 Å². The monoisotopic (exact) mass is 354 g/mol. The number of hydrogen-bond acceptors (Lipinski definition) is 7. The first-order valence-electron chi connectivity index (χ1n) is 7.88. The predicted octanol–water partition coefficient (Wildman–Crippen LogP) is 2.94. The third-order valence-corrected chi connectivity index (χ3v) is 5.04. The minimum absolute atomic E-state index is 0.274. The van der Waals surface area contributed by atoms with Crippen molar-refractivity contribution in [2.75, 3.05) is 6.61 Å². The lowest BCUT2D eigenvalue weighted by Gasteiger charge is -2.34. The van der Waals surface area contributed by atoms with Gasteiger partial charge in [-0.05, 0) is 38.1 Å². The predicted molar refractivity (Wildman–Crippen MR) is 96.9 cm³/mol. The molecule has 0 bridgehead atoms. The summed E-state index contributed by atoms with van der Waals surface area (Å²) < 4.78 is 5.24. The first kappa shape index (κ1) is 17.1. The van der Waals surface area contributed by atoms with Gasteiger partial charge in [0.15, 0.2) is 5.17 Å². The van der Waals surface area contributed by atoms with Crippen LogP contribution in [0.3, 0.4) is 0 Å². The van der Waals surface area contributed by atoms with Crippen molar-refractivity contribution in [3.8, 4) is 6.07 Å². The van der Waals surface area contributed by atoms with Crippen LogP contribution in [0.5, 0.6) is 0 Å². The molecule has 7 heteroatoms. The number of amidine groups is 1. The number of thioether (sulfide) groups is 1. The number of nitrogens with two attached hydrogens (primary N) is 1. The van der Waals surface area contributed by atoms with E-state index in [2.05, 4.69) is 11.1 Å². The van der Waals surface area contributed by atoms with Crippen LogP contribution in [-0.4, -0.2) is 22.6 Å². The number of nitriles is 1. The molecule has 0 aromatic heterocycles. The van der Waals surface area contributed by atoms with Crippen molar-refractivity contribution in [1.29, 1.82) is 5.26 Å². The van der Waals surface area contributed by atoms with Crippen molar-refractivity contribution in [2.45, 2.75) is 26.8 Å². The minimum atomic E-state index is -0.467. The fourth-order valence-electron chi connectivity index (χ4n) is 2.87. The molecule has 6 nitrogen and oxygen atoms in total. The molecule has 0 amide bonds. The number of benzene rings is 1. The van der Waals surface area contributed by atoms with Crippen molar-refractivity contribution in [1.82, 2.24) is 4.90 Å². The number of hydrogen-bond donors (Lipinski definition) is 1. The second-order valence-electron chi connectivity index (χ2n) is 5.73. The molecule has 0 spiro atoms. The number of ether oxygens (including phenoxy) is 1. The Labute approximate surface area is 150 Å². The second-order valence-corrected chi connectivity index (χ2v) is 6.70. The molecular weight excluding hydrogens is 336 g/mol. The Hall–Kier alpha value is -2.72. The maximum Gasteiger partial charge on any atom is 0.338 e. The lowest BCUT2D eigenvalue weighted by Crippen LogP contribution is -2.38. The average molecular weight is 354 g/mol. The first-order chi connectivity index (χ1) is 12.0. The van der Waals surface area contributed by atoms with Crippen LogP contribution >= 0.6 is 11.8 Å².